The topological polar surface area (TPSA) is 32.3 Å². The minimum atomic E-state index is -0.225. The highest BCUT2D eigenvalue weighted by molar-refractivity contribution is 5.79. The van der Waals surface area contributed by atoms with E-state index in [4.69, 9.17) is 0 Å². The lowest BCUT2D eigenvalue weighted by atomic mass is 9.74. The Morgan fingerprint density at radius 1 is 1.32 bits per heavy atom. The van der Waals surface area contributed by atoms with Gasteiger partial charge in [-0.2, -0.15) is 0 Å². The molecule has 3 aliphatic rings. The zero-order chi connectivity index (χ0) is 13.6. The van der Waals surface area contributed by atoms with Gasteiger partial charge in [-0.05, 0) is 36.1 Å². The Labute approximate surface area is 112 Å². The molecule has 1 amide bonds. The standard InChI is InChI=1S/C15H19FN2O/c1-15(2)8-11-9-18(13(15)7-14(19)17-11)12-5-3-10(16)4-6-12/h3-6,11,13H,7-9H2,1-2H3,(H,17,19)/t11-,13?/m0/s1. The van der Waals surface area contributed by atoms with E-state index in [1.807, 2.05) is 0 Å². The van der Waals surface area contributed by atoms with Gasteiger partial charge in [-0.25, -0.2) is 4.39 Å². The van der Waals surface area contributed by atoms with E-state index in [-0.39, 0.29) is 29.2 Å². The fraction of sp³-hybridized carbons (Fsp3) is 0.533. The lowest BCUT2D eigenvalue weighted by Crippen LogP contribution is -2.54. The number of carbonyl (C=O) groups excluding carboxylic acids is 1. The number of hydrogen-bond donors (Lipinski definition) is 1. The van der Waals surface area contributed by atoms with Crippen LogP contribution in [0, 0.1) is 11.2 Å². The SMILES string of the molecule is CC1(C)C[C@H]2CN(c3ccc(F)cc3)C1CC(=O)N2. The van der Waals surface area contributed by atoms with Crippen LogP contribution in [-0.2, 0) is 4.79 Å². The number of nitrogens with one attached hydrogen (secondary N) is 1. The van der Waals surface area contributed by atoms with Crippen molar-refractivity contribution >= 4 is 11.6 Å². The maximum Gasteiger partial charge on any atom is 0.222 e. The van der Waals surface area contributed by atoms with Crippen LogP contribution in [0.5, 0.6) is 0 Å². The molecular formula is C15H19FN2O. The third-order valence-electron chi connectivity index (χ3n) is 4.37. The van der Waals surface area contributed by atoms with Crippen molar-refractivity contribution in [2.45, 2.75) is 38.8 Å². The summed E-state index contributed by atoms with van der Waals surface area (Å²) in [5.74, 6) is -0.0950. The van der Waals surface area contributed by atoms with Crippen molar-refractivity contribution in [2.24, 2.45) is 5.41 Å². The first-order valence-corrected chi connectivity index (χ1v) is 6.77. The first-order valence-electron chi connectivity index (χ1n) is 6.77. The molecule has 0 aromatic heterocycles. The number of fused-ring (bicyclic) bond motifs is 4. The van der Waals surface area contributed by atoms with Gasteiger partial charge in [-0.1, -0.05) is 13.8 Å². The average molecular weight is 262 g/mol. The van der Waals surface area contributed by atoms with E-state index in [1.54, 1.807) is 12.1 Å². The van der Waals surface area contributed by atoms with E-state index in [9.17, 15) is 9.18 Å². The van der Waals surface area contributed by atoms with Crippen LogP contribution in [0.25, 0.3) is 0 Å². The zero-order valence-corrected chi connectivity index (χ0v) is 11.3. The van der Waals surface area contributed by atoms with Crippen LogP contribution in [0.1, 0.15) is 26.7 Å². The number of rotatable bonds is 1. The molecule has 0 spiro atoms. The highest BCUT2D eigenvalue weighted by Gasteiger charge is 2.45. The lowest BCUT2D eigenvalue weighted by Gasteiger charge is -2.47. The summed E-state index contributed by atoms with van der Waals surface area (Å²) in [4.78, 5) is 14.1. The van der Waals surface area contributed by atoms with Crippen LogP contribution in [0.3, 0.4) is 0 Å². The Kier molecular flexibility index (Phi) is 2.77. The molecule has 0 aliphatic carbocycles. The maximum atomic E-state index is 13.1. The van der Waals surface area contributed by atoms with Gasteiger partial charge >= 0.3 is 0 Å². The summed E-state index contributed by atoms with van der Waals surface area (Å²) in [6.45, 7) is 5.23. The van der Waals surface area contributed by atoms with E-state index in [0.29, 0.717) is 6.42 Å². The summed E-state index contributed by atoms with van der Waals surface area (Å²) in [7, 11) is 0. The van der Waals surface area contributed by atoms with Gasteiger partial charge in [0, 0.05) is 30.7 Å². The molecule has 3 nitrogen and oxygen atoms in total. The van der Waals surface area contributed by atoms with Crippen LogP contribution >= 0.6 is 0 Å². The number of nitrogens with zero attached hydrogens (tertiary/aromatic N) is 1. The van der Waals surface area contributed by atoms with Gasteiger partial charge in [0.2, 0.25) is 5.91 Å². The van der Waals surface area contributed by atoms with Gasteiger partial charge in [0.15, 0.2) is 0 Å². The summed E-state index contributed by atoms with van der Waals surface area (Å²) >= 11 is 0. The summed E-state index contributed by atoms with van der Waals surface area (Å²) in [6, 6.07) is 6.93. The fourth-order valence-corrected chi connectivity index (χ4v) is 3.49. The van der Waals surface area contributed by atoms with Crippen LogP contribution in [0.15, 0.2) is 24.3 Å². The second-order valence-electron chi connectivity index (χ2n) is 6.31. The van der Waals surface area contributed by atoms with Crippen molar-refractivity contribution in [3.8, 4) is 0 Å². The predicted octanol–water partition coefficient (Wildman–Crippen LogP) is 2.32. The number of carbonyl (C=O) groups is 1. The van der Waals surface area contributed by atoms with Crippen molar-refractivity contribution < 1.29 is 9.18 Å². The number of benzene rings is 1. The van der Waals surface area contributed by atoms with Crippen LogP contribution in [0.4, 0.5) is 10.1 Å². The van der Waals surface area contributed by atoms with Gasteiger partial charge < -0.3 is 10.2 Å². The van der Waals surface area contributed by atoms with E-state index < -0.39 is 0 Å². The number of anilines is 1. The monoisotopic (exact) mass is 262 g/mol. The Bertz CT molecular complexity index is 497. The maximum absolute atomic E-state index is 13.1. The molecule has 3 fully saturated rings. The van der Waals surface area contributed by atoms with Crippen molar-refractivity contribution in [1.82, 2.24) is 5.32 Å². The van der Waals surface area contributed by atoms with Gasteiger partial charge in [-0.15, -0.1) is 0 Å². The molecule has 3 saturated heterocycles. The van der Waals surface area contributed by atoms with E-state index in [0.717, 1.165) is 18.7 Å². The van der Waals surface area contributed by atoms with Crippen molar-refractivity contribution in [3.63, 3.8) is 0 Å². The first-order chi connectivity index (χ1) is 8.95. The predicted molar refractivity (Wildman–Crippen MR) is 72.5 cm³/mol. The first kappa shape index (κ1) is 12.5. The summed E-state index contributed by atoms with van der Waals surface area (Å²) in [6.07, 6.45) is 1.52. The Hall–Kier alpha value is -1.58. The van der Waals surface area contributed by atoms with E-state index in [1.165, 1.54) is 12.1 Å². The average Bonchev–Trinajstić information content (AvgIpc) is 2.54. The van der Waals surface area contributed by atoms with Crippen LogP contribution in [-0.4, -0.2) is 24.5 Å². The normalized spacial score (nSPS) is 29.0. The summed E-state index contributed by atoms with van der Waals surface area (Å²) < 4.78 is 13.1. The molecule has 0 saturated carbocycles. The van der Waals surface area contributed by atoms with Gasteiger partial charge in [0.1, 0.15) is 5.82 Å². The zero-order valence-electron chi connectivity index (χ0n) is 11.3. The Morgan fingerprint density at radius 2 is 2.00 bits per heavy atom. The van der Waals surface area contributed by atoms with Gasteiger partial charge in [-0.3, -0.25) is 4.79 Å². The number of piperidine rings is 1. The number of amides is 1. The second-order valence-corrected chi connectivity index (χ2v) is 6.31. The minimum Gasteiger partial charge on any atom is -0.365 e. The number of hydrogen-bond acceptors (Lipinski definition) is 2. The molecule has 3 heterocycles. The Morgan fingerprint density at radius 3 is 2.68 bits per heavy atom. The van der Waals surface area contributed by atoms with Gasteiger partial charge in [0.05, 0.1) is 0 Å². The van der Waals surface area contributed by atoms with E-state index in [2.05, 4.69) is 24.1 Å². The molecule has 1 aromatic carbocycles. The van der Waals surface area contributed by atoms with Crippen molar-refractivity contribution in [2.75, 3.05) is 11.4 Å². The molecule has 102 valence electrons. The largest absolute Gasteiger partial charge is 0.365 e. The van der Waals surface area contributed by atoms with Crippen LogP contribution < -0.4 is 10.2 Å². The molecule has 4 rings (SSSR count). The third kappa shape index (κ3) is 2.20. The molecule has 1 aromatic rings. The van der Waals surface area contributed by atoms with Crippen LogP contribution in [0.2, 0.25) is 0 Å². The quantitative estimate of drug-likeness (QED) is 0.842. The molecule has 3 aliphatic heterocycles. The summed E-state index contributed by atoms with van der Waals surface area (Å²) in [5, 5.41) is 3.08. The highest BCUT2D eigenvalue weighted by atomic mass is 19.1. The molecule has 1 unspecified atom stereocenters. The molecule has 1 N–H and O–H groups in total. The minimum absolute atomic E-state index is 0.0798. The molecule has 19 heavy (non-hydrogen) atoms. The molecule has 4 heteroatoms. The van der Waals surface area contributed by atoms with Gasteiger partial charge in [0.25, 0.3) is 0 Å². The van der Waals surface area contributed by atoms with Crippen molar-refractivity contribution in [1.29, 1.82) is 0 Å². The molecular weight excluding hydrogens is 243 g/mol. The fourth-order valence-electron chi connectivity index (χ4n) is 3.49. The lowest BCUT2D eigenvalue weighted by molar-refractivity contribution is -0.121. The smallest absolute Gasteiger partial charge is 0.222 e. The molecule has 2 bridgehead atoms. The third-order valence-corrected chi connectivity index (χ3v) is 4.37. The van der Waals surface area contributed by atoms with E-state index >= 15 is 0 Å². The highest BCUT2D eigenvalue weighted by Crippen LogP contribution is 2.41. The second kappa shape index (κ2) is 4.22. The molecule has 0 radical (unpaired) electrons. The molecule has 2 atom stereocenters. The summed E-state index contributed by atoms with van der Waals surface area (Å²) in [5.41, 5.74) is 1.08. The van der Waals surface area contributed by atoms with Crippen molar-refractivity contribution in [3.05, 3.63) is 30.1 Å². The Balaban J connectivity index is 1.98. The number of halogens is 1.